The van der Waals surface area contributed by atoms with Gasteiger partial charge in [-0.05, 0) is 5.56 Å². The Morgan fingerprint density at radius 2 is 2.00 bits per heavy atom. The highest BCUT2D eigenvalue weighted by Gasteiger charge is 2.29. The van der Waals surface area contributed by atoms with Crippen LogP contribution in [0.25, 0.3) is 0 Å². The van der Waals surface area contributed by atoms with Gasteiger partial charge >= 0.3 is 0 Å². The summed E-state index contributed by atoms with van der Waals surface area (Å²) < 4.78 is 28.1. The summed E-state index contributed by atoms with van der Waals surface area (Å²) in [7, 11) is -2.52. The predicted octanol–water partition coefficient (Wildman–Crippen LogP) is 0.578. The van der Waals surface area contributed by atoms with E-state index >= 15 is 0 Å². The highest BCUT2D eigenvalue weighted by atomic mass is 35.5. The topological polar surface area (TPSA) is 107 Å². The van der Waals surface area contributed by atoms with Crippen LogP contribution in [-0.4, -0.2) is 23.9 Å². The highest BCUT2D eigenvalue weighted by Crippen LogP contribution is 2.21. The maximum atomic E-state index is 12.3. The number of nitrogens with one attached hydrogen (secondary N) is 1. The van der Waals surface area contributed by atoms with Gasteiger partial charge in [0.15, 0.2) is 0 Å². The number of rotatable bonds is 5. The van der Waals surface area contributed by atoms with Crippen molar-refractivity contribution in [3.63, 3.8) is 0 Å². The molecule has 2 rings (SSSR count). The van der Waals surface area contributed by atoms with Crippen molar-refractivity contribution in [3.8, 4) is 0 Å². The summed E-state index contributed by atoms with van der Waals surface area (Å²) in [6.07, 6.45) is 1.26. The van der Waals surface area contributed by atoms with Crippen molar-refractivity contribution in [3.05, 3.63) is 47.4 Å². The number of carbonyl (C=O) groups excluding carboxylic acids is 1. The number of nitrogens with zero attached hydrogens (tertiary/aromatic N) is 2. The zero-order chi connectivity index (χ0) is 15.6. The van der Waals surface area contributed by atoms with Crippen LogP contribution in [-0.2, 0) is 21.9 Å². The lowest BCUT2D eigenvalue weighted by Gasteiger charge is -2.15. The van der Waals surface area contributed by atoms with E-state index in [1.54, 1.807) is 37.4 Å². The Kier molecular flexibility index (Phi) is 4.31. The van der Waals surface area contributed by atoms with Gasteiger partial charge in [0.1, 0.15) is 11.2 Å². The molecule has 0 aliphatic rings. The third-order valence-electron chi connectivity index (χ3n) is 2.78. The smallest absolute Gasteiger partial charge is 0.262 e. The molecule has 112 valence electrons. The van der Waals surface area contributed by atoms with Crippen LogP contribution in [0.1, 0.15) is 11.6 Å². The number of nitrogens with two attached hydrogens (primary N) is 1. The summed E-state index contributed by atoms with van der Waals surface area (Å²) in [6, 6.07) is 7.08. The molecule has 1 heterocycles. The molecular weight excluding hydrogens is 316 g/mol. The van der Waals surface area contributed by atoms with Crippen molar-refractivity contribution in [2.75, 3.05) is 0 Å². The predicted molar refractivity (Wildman–Crippen MR) is 76.9 cm³/mol. The van der Waals surface area contributed by atoms with E-state index in [9.17, 15) is 13.2 Å². The zero-order valence-corrected chi connectivity index (χ0v) is 12.6. The van der Waals surface area contributed by atoms with E-state index in [1.165, 1.54) is 10.9 Å². The molecule has 9 heteroatoms. The maximum Gasteiger partial charge on any atom is 0.262 e. The first-order valence-electron chi connectivity index (χ1n) is 5.86. The molecule has 0 aliphatic carbocycles. The zero-order valence-electron chi connectivity index (χ0n) is 11.0. The number of primary amides is 1. The average Bonchev–Trinajstić information content (AvgIpc) is 2.78. The third kappa shape index (κ3) is 3.23. The number of hydrogen-bond donors (Lipinski definition) is 2. The Morgan fingerprint density at radius 1 is 1.38 bits per heavy atom. The number of aryl methyl sites for hydroxylation is 1. The molecule has 0 aliphatic heterocycles. The van der Waals surface area contributed by atoms with Crippen LogP contribution in [0.3, 0.4) is 0 Å². The summed E-state index contributed by atoms with van der Waals surface area (Å²) in [6.45, 7) is 0. The minimum absolute atomic E-state index is 0.0567. The van der Waals surface area contributed by atoms with Crippen LogP contribution in [0.5, 0.6) is 0 Å². The van der Waals surface area contributed by atoms with Gasteiger partial charge < -0.3 is 10.3 Å². The molecule has 1 atom stereocenters. The highest BCUT2D eigenvalue weighted by molar-refractivity contribution is 7.89. The first-order valence-corrected chi connectivity index (χ1v) is 7.72. The van der Waals surface area contributed by atoms with E-state index < -0.39 is 22.0 Å². The molecule has 7 nitrogen and oxygen atoms in total. The number of amides is 1. The SMILES string of the molecule is Cn1cnc(S(=O)(=O)N[C@H](C(N)=O)c2ccccc2)c1Cl. The third-order valence-corrected chi connectivity index (χ3v) is 4.69. The van der Waals surface area contributed by atoms with E-state index in [0.717, 1.165) is 0 Å². The Morgan fingerprint density at radius 3 is 2.48 bits per heavy atom. The number of halogens is 1. The molecule has 0 radical (unpaired) electrons. The Labute approximate surface area is 126 Å². The second kappa shape index (κ2) is 5.84. The van der Waals surface area contributed by atoms with Crippen molar-refractivity contribution in [1.29, 1.82) is 0 Å². The van der Waals surface area contributed by atoms with Crippen LogP contribution in [0, 0.1) is 0 Å². The minimum Gasteiger partial charge on any atom is -0.368 e. The second-order valence-electron chi connectivity index (χ2n) is 4.32. The van der Waals surface area contributed by atoms with Crippen LogP contribution in [0.2, 0.25) is 5.15 Å². The van der Waals surface area contributed by atoms with Gasteiger partial charge in [-0.3, -0.25) is 4.79 Å². The molecule has 0 saturated heterocycles. The Bertz CT molecular complexity index is 758. The number of benzene rings is 1. The molecule has 1 amide bonds. The molecule has 0 unspecified atom stereocenters. The number of hydrogen-bond acceptors (Lipinski definition) is 4. The van der Waals surface area contributed by atoms with Crippen molar-refractivity contribution in [2.45, 2.75) is 11.1 Å². The lowest BCUT2D eigenvalue weighted by atomic mass is 10.1. The Balaban J connectivity index is 2.37. The van der Waals surface area contributed by atoms with Gasteiger partial charge in [-0.15, -0.1) is 0 Å². The number of aromatic nitrogens is 2. The normalized spacial score (nSPS) is 13.0. The first-order chi connectivity index (χ1) is 9.83. The van der Waals surface area contributed by atoms with Crippen LogP contribution in [0.15, 0.2) is 41.7 Å². The van der Waals surface area contributed by atoms with Gasteiger partial charge in [0.05, 0.1) is 6.33 Å². The number of carbonyl (C=O) groups is 1. The lowest BCUT2D eigenvalue weighted by Crippen LogP contribution is -2.37. The molecule has 21 heavy (non-hydrogen) atoms. The molecule has 1 aromatic carbocycles. The number of sulfonamides is 1. The van der Waals surface area contributed by atoms with Gasteiger partial charge in [0.2, 0.25) is 10.9 Å². The van der Waals surface area contributed by atoms with Crippen molar-refractivity contribution >= 4 is 27.5 Å². The van der Waals surface area contributed by atoms with Crippen molar-refractivity contribution in [2.24, 2.45) is 12.8 Å². The Hall–Kier alpha value is -1.90. The van der Waals surface area contributed by atoms with Gasteiger partial charge in [0, 0.05) is 7.05 Å². The van der Waals surface area contributed by atoms with E-state index in [1.807, 2.05) is 0 Å². The van der Waals surface area contributed by atoms with Gasteiger partial charge in [-0.1, -0.05) is 41.9 Å². The van der Waals surface area contributed by atoms with Crippen molar-refractivity contribution < 1.29 is 13.2 Å². The first kappa shape index (κ1) is 15.5. The molecule has 0 spiro atoms. The fourth-order valence-electron chi connectivity index (χ4n) is 1.72. The quantitative estimate of drug-likeness (QED) is 0.837. The van der Waals surface area contributed by atoms with Crippen LogP contribution in [0.4, 0.5) is 0 Å². The molecular formula is C12H13ClN4O3S. The van der Waals surface area contributed by atoms with E-state index in [4.69, 9.17) is 17.3 Å². The summed E-state index contributed by atoms with van der Waals surface area (Å²) in [4.78, 5) is 15.3. The maximum absolute atomic E-state index is 12.3. The fourth-order valence-corrected chi connectivity index (χ4v) is 3.34. The van der Waals surface area contributed by atoms with Crippen molar-refractivity contribution in [1.82, 2.24) is 14.3 Å². The average molecular weight is 329 g/mol. The number of imidazole rings is 1. The van der Waals surface area contributed by atoms with Crippen LogP contribution < -0.4 is 10.5 Å². The standard InChI is InChI=1S/C12H13ClN4O3S/c1-17-7-15-12(10(17)13)21(19,20)16-9(11(14)18)8-5-3-2-4-6-8/h2-7,9,16H,1H3,(H2,14,18)/t9-/m0/s1. The summed E-state index contributed by atoms with van der Waals surface area (Å²) >= 11 is 5.87. The van der Waals surface area contributed by atoms with Gasteiger partial charge in [-0.25, -0.2) is 13.4 Å². The van der Waals surface area contributed by atoms with E-state index in [2.05, 4.69) is 9.71 Å². The summed E-state index contributed by atoms with van der Waals surface area (Å²) in [5.74, 6) is -0.822. The molecule has 0 bridgehead atoms. The molecule has 1 aromatic heterocycles. The van der Waals surface area contributed by atoms with Gasteiger partial charge in [-0.2, -0.15) is 4.72 Å². The summed E-state index contributed by atoms with van der Waals surface area (Å²) in [5.41, 5.74) is 5.70. The summed E-state index contributed by atoms with van der Waals surface area (Å²) in [5, 5.41) is -0.410. The van der Waals surface area contributed by atoms with E-state index in [-0.39, 0.29) is 10.2 Å². The monoisotopic (exact) mass is 328 g/mol. The van der Waals surface area contributed by atoms with E-state index in [0.29, 0.717) is 5.56 Å². The lowest BCUT2D eigenvalue weighted by molar-refractivity contribution is -0.119. The molecule has 2 aromatic rings. The van der Waals surface area contributed by atoms with Crippen LogP contribution >= 0.6 is 11.6 Å². The fraction of sp³-hybridized carbons (Fsp3) is 0.167. The largest absolute Gasteiger partial charge is 0.368 e. The van der Waals surface area contributed by atoms with Gasteiger partial charge in [0.25, 0.3) is 10.0 Å². The second-order valence-corrected chi connectivity index (χ2v) is 6.31. The minimum atomic E-state index is -4.08. The molecule has 0 saturated carbocycles. The molecule has 0 fully saturated rings. The molecule has 3 N–H and O–H groups in total.